The van der Waals surface area contributed by atoms with Crippen molar-refractivity contribution in [1.29, 1.82) is 0 Å². The molecular weight excluding hydrogens is 384 g/mol. The van der Waals surface area contributed by atoms with E-state index in [1.54, 1.807) is 41.3 Å². The van der Waals surface area contributed by atoms with Crippen LogP contribution in [0.2, 0.25) is 0 Å². The molecule has 0 fully saturated rings. The second-order valence-electron chi connectivity index (χ2n) is 7.02. The number of anilines is 2. The highest BCUT2D eigenvalue weighted by Crippen LogP contribution is 2.28. The molecule has 3 aromatic carbocycles. The number of aryl methyl sites for hydroxylation is 1. The first-order valence-electron chi connectivity index (χ1n) is 9.52. The summed E-state index contributed by atoms with van der Waals surface area (Å²) in [6.45, 7) is 0.659. The molecular formula is C23H22N2O3S. The topological polar surface area (TPSA) is 57.7 Å². The van der Waals surface area contributed by atoms with E-state index in [9.17, 15) is 13.2 Å². The molecule has 1 amide bonds. The van der Waals surface area contributed by atoms with Gasteiger partial charge in [0.2, 0.25) is 0 Å². The third-order valence-electron chi connectivity index (χ3n) is 5.23. The first-order chi connectivity index (χ1) is 14.0. The summed E-state index contributed by atoms with van der Waals surface area (Å²) in [7, 11) is -2.18. The van der Waals surface area contributed by atoms with Crippen molar-refractivity contribution in [2.45, 2.75) is 17.7 Å². The standard InChI is InChI=1S/C23H22N2O3S/c1-24(20-10-3-2-4-11-20)29(27,28)21-15-13-19(14-16-21)23(26)25-17-7-9-18-8-5-6-12-22(18)25/h2-6,8,10-16H,7,9,17H2,1H3. The molecule has 0 atom stereocenters. The molecule has 0 aromatic heterocycles. The molecule has 1 aliphatic heterocycles. The van der Waals surface area contributed by atoms with Crippen LogP contribution >= 0.6 is 0 Å². The predicted octanol–water partition coefficient (Wildman–Crippen LogP) is 4.10. The average Bonchev–Trinajstić information content (AvgIpc) is 2.78. The molecule has 0 radical (unpaired) electrons. The van der Waals surface area contributed by atoms with Gasteiger partial charge in [-0.25, -0.2) is 8.42 Å². The highest BCUT2D eigenvalue weighted by Gasteiger charge is 2.25. The fourth-order valence-electron chi connectivity index (χ4n) is 3.60. The van der Waals surface area contributed by atoms with Gasteiger partial charge in [0.1, 0.15) is 0 Å². The number of rotatable bonds is 4. The van der Waals surface area contributed by atoms with Gasteiger partial charge in [0, 0.05) is 24.8 Å². The number of fused-ring (bicyclic) bond motifs is 1. The molecule has 5 nitrogen and oxygen atoms in total. The minimum atomic E-state index is -3.70. The monoisotopic (exact) mass is 406 g/mol. The number of hydrogen-bond acceptors (Lipinski definition) is 3. The first-order valence-corrected chi connectivity index (χ1v) is 11.0. The van der Waals surface area contributed by atoms with Gasteiger partial charge in [-0.15, -0.1) is 0 Å². The second kappa shape index (κ2) is 7.72. The van der Waals surface area contributed by atoms with E-state index in [-0.39, 0.29) is 10.8 Å². The summed E-state index contributed by atoms with van der Waals surface area (Å²) >= 11 is 0. The Morgan fingerprint density at radius 3 is 2.28 bits per heavy atom. The molecule has 0 bridgehead atoms. The number of hydrogen-bond donors (Lipinski definition) is 0. The lowest BCUT2D eigenvalue weighted by Crippen LogP contribution is -2.35. The van der Waals surface area contributed by atoms with Gasteiger partial charge in [-0.05, 0) is 60.9 Å². The lowest BCUT2D eigenvalue weighted by Gasteiger charge is -2.29. The zero-order valence-corrected chi connectivity index (χ0v) is 17.0. The van der Waals surface area contributed by atoms with Crippen LogP contribution in [0.5, 0.6) is 0 Å². The number of carbonyl (C=O) groups is 1. The number of nitrogens with zero attached hydrogens (tertiary/aromatic N) is 2. The number of amides is 1. The predicted molar refractivity (Wildman–Crippen MR) is 115 cm³/mol. The lowest BCUT2D eigenvalue weighted by atomic mass is 10.0. The maximum absolute atomic E-state index is 13.0. The van der Waals surface area contributed by atoms with Gasteiger partial charge >= 0.3 is 0 Å². The highest BCUT2D eigenvalue weighted by atomic mass is 32.2. The van der Waals surface area contributed by atoms with Gasteiger partial charge in [0.15, 0.2) is 0 Å². The highest BCUT2D eigenvalue weighted by molar-refractivity contribution is 7.92. The van der Waals surface area contributed by atoms with E-state index in [2.05, 4.69) is 0 Å². The zero-order valence-electron chi connectivity index (χ0n) is 16.2. The summed E-state index contributed by atoms with van der Waals surface area (Å²) in [5.41, 5.74) is 3.15. The van der Waals surface area contributed by atoms with Gasteiger partial charge in [-0.2, -0.15) is 0 Å². The van der Waals surface area contributed by atoms with Crippen molar-refractivity contribution in [3.63, 3.8) is 0 Å². The summed E-state index contributed by atoms with van der Waals surface area (Å²) in [5.74, 6) is -0.113. The van der Waals surface area contributed by atoms with Crippen LogP contribution in [0.3, 0.4) is 0 Å². The minimum Gasteiger partial charge on any atom is -0.308 e. The Morgan fingerprint density at radius 1 is 0.897 bits per heavy atom. The van der Waals surface area contributed by atoms with Crippen molar-refractivity contribution >= 4 is 27.3 Å². The fraction of sp³-hybridized carbons (Fsp3) is 0.174. The summed E-state index contributed by atoms with van der Waals surface area (Å²) in [6.07, 6.45) is 1.88. The molecule has 1 heterocycles. The zero-order chi connectivity index (χ0) is 20.4. The molecule has 4 rings (SSSR count). The maximum Gasteiger partial charge on any atom is 0.264 e. The summed E-state index contributed by atoms with van der Waals surface area (Å²) in [6, 6.07) is 23.0. The fourth-order valence-corrected chi connectivity index (χ4v) is 4.80. The van der Waals surface area contributed by atoms with Crippen LogP contribution in [0.1, 0.15) is 22.3 Å². The smallest absolute Gasteiger partial charge is 0.264 e. The Bertz CT molecular complexity index is 1130. The van der Waals surface area contributed by atoms with Crippen LogP contribution in [0.15, 0.2) is 83.8 Å². The third-order valence-corrected chi connectivity index (χ3v) is 7.03. The summed E-state index contributed by atoms with van der Waals surface area (Å²) in [4.78, 5) is 15.0. The van der Waals surface area contributed by atoms with Crippen molar-refractivity contribution in [1.82, 2.24) is 0 Å². The normalized spacial score (nSPS) is 13.6. The van der Waals surface area contributed by atoms with Crippen molar-refractivity contribution in [3.05, 3.63) is 90.0 Å². The number of sulfonamides is 1. The molecule has 0 saturated heterocycles. The largest absolute Gasteiger partial charge is 0.308 e. The minimum absolute atomic E-state index is 0.113. The van der Waals surface area contributed by atoms with Crippen LogP contribution in [0.4, 0.5) is 11.4 Å². The molecule has 0 unspecified atom stereocenters. The van der Waals surface area contributed by atoms with Crippen LogP contribution in [-0.2, 0) is 16.4 Å². The average molecular weight is 407 g/mol. The summed E-state index contributed by atoms with van der Waals surface area (Å²) < 4.78 is 27.1. The molecule has 3 aromatic rings. The number of benzene rings is 3. The van der Waals surface area contributed by atoms with Crippen molar-refractivity contribution in [2.24, 2.45) is 0 Å². The first kappa shape index (κ1) is 19.2. The Morgan fingerprint density at radius 2 is 1.55 bits per heavy atom. The van der Waals surface area contributed by atoms with E-state index < -0.39 is 10.0 Å². The van der Waals surface area contributed by atoms with E-state index in [4.69, 9.17) is 0 Å². The SMILES string of the molecule is CN(c1ccccc1)S(=O)(=O)c1ccc(C(=O)N2CCCc3ccccc32)cc1. The molecule has 29 heavy (non-hydrogen) atoms. The van der Waals surface area contributed by atoms with Gasteiger partial charge in [-0.3, -0.25) is 9.10 Å². The van der Waals surface area contributed by atoms with E-state index in [0.29, 0.717) is 17.8 Å². The molecule has 6 heteroatoms. The number of carbonyl (C=O) groups excluding carboxylic acids is 1. The molecule has 0 saturated carbocycles. The van der Waals surface area contributed by atoms with E-state index in [1.807, 2.05) is 30.3 Å². The van der Waals surface area contributed by atoms with E-state index in [0.717, 1.165) is 24.1 Å². The molecule has 148 valence electrons. The van der Waals surface area contributed by atoms with Gasteiger partial charge in [0.25, 0.3) is 15.9 Å². The Kier molecular flexibility index (Phi) is 5.11. The quantitative estimate of drug-likeness (QED) is 0.655. The Hall–Kier alpha value is -3.12. The van der Waals surface area contributed by atoms with Gasteiger partial charge in [0.05, 0.1) is 10.6 Å². The number of para-hydroxylation sites is 2. The van der Waals surface area contributed by atoms with Crippen LogP contribution in [0.25, 0.3) is 0 Å². The molecule has 1 aliphatic rings. The van der Waals surface area contributed by atoms with Gasteiger partial charge < -0.3 is 4.90 Å². The van der Waals surface area contributed by atoms with Crippen LogP contribution in [-0.4, -0.2) is 27.9 Å². The van der Waals surface area contributed by atoms with Crippen molar-refractivity contribution in [2.75, 3.05) is 22.8 Å². The Balaban J connectivity index is 1.59. The maximum atomic E-state index is 13.0. The third kappa shape index (κ3) is 3.63. The van der Waals surface area contributed by atoms with E-state index >= 15 is 0 Å². The molecule has 0 aliphatic carbocycles. The Labute approximate surface area is 171 Å². The summed E-state index contributed by atoms with van der Waals surface area (Å²) in [5, 5.41) is 0. The second-order valence-corrected chi connectivity index (χ2v) is 8.99. The van der Waals surface area contributed by atoms with E-state index in [1.165, 1.54) is 23.5 Å². The van der Waals surface area contributed by atoms with Crippen LogP contribution in [0, 0.1) is 0 Å². The van der Waals surface area contributed by atoms with Gasteiger partial charge in [-0.1, -0.05) is 36.4 Å². The van der Waals surface area contributed by atoms with Crippen LogP contribution < -0.4 is 9.21 Å². The molecule has 0 N–H and O–H groups in total. The van der Waals surface area contributed by atoms with Crippen molar-refractivity contribution < 1.29 is 13.2 Å². The van der Waals surface area contributed by atoms with Crippen molar-refractivity contribution in [3.8, 4) is 0 Å². The molecule has 0 spiro atoms. The lowest BCUT2D eigenvalue weighted by molar-refractivity contribution is 0.0985.